The van der Waals surface area contributed by atoms with Gasteiger partial charge in [-0.05, 0) is 55.9 Å². The Morgan fingerprint density at radius 2 is 1.60 bits per heavy atom. The Bertz CT molecular complexity index is 1440. The van der Waals surface area contributed by atoms with Gasteiger partial charge in [-0.2, -0.15) is 0 Å². The van der Waals surface area contributed by atoms with E-state index in [9.17, 15) is 24.0 Å². The van der Waals surface area contributed by atoms with Crippen LogP contribution in [0.4, 0.5) is 4.79 Å². The van der Waals surface area contributed by atoms with Crippen molar-refractivity contribution in [2.75, 3.05) is 32.8 Å². The van der Waals surface area contributed by atoms with Crippen LogP contribution in [0.15, 0.2) is 48.5 Å². The lowest BCUT2D eigenvalue weighted by atomic mass is 9.98. The highest BCUT2D eigenvalue weighted by molar-refractivity contribution is 8.02. The second-order valence-corrected chi connectivity index (χ2v) is 14.2. The Labute approximate surface area is 267 Å². The molecule has 0 bridgehead atoms. The number of hydrogen-bond acceptors (Lipinski definition) is 8. The summed E-state index contributed by atoms with van der Waals surface area (Å²) in [4.78, 5) is 65.6. The third-order valence-electron chi connectivity index (χ3n) is 8.32. The summed E-state index contributed by atoms with van der Waals surface area (Å²) < 4.78 is 11.3. The highest BCUT2D eigenvalue weighted by atomic mass is 32.2. The van der Waals surface area contributed by atoms with Gasteiger partial charge in [0.25, 0.3) is 0 Å². The predicted octanol–water partition coefficient (Wildman–Crippen LogP) is 3.40. The van der Waals surface area contributed by atoms with Crippen LogP contribution in [0.1, 0.15) is 63.5 Å². The molecule has 12 heteroatoms. The monoisotopic (exact) mass is 636 g/mol. The summed E-state index contributed by atoms with van der Waals surface area (Å²) in [6.07, 6.45) is 0.353. The molecular weight excluding hydrogens is 596 g/mol. The van der Waals surface area contributed by atoms with Crippen molar-refractivity contribution in [3.8, 4) is 11.1 Å². The van der Waals surface area contributed by atoms with Crippen LogP contribution < -0.4 is 11.1 Å². The zero-order chi connectivity index (χ0) is 32.4. The molecule has 3 aliphatic rings. The van der Waals surface area contributed by atoms with Crippen LogP contribution in [0.25, 0.3) is 11.1 Å². The first-order valence-electron chi connectivity index (χ1n) is 15.2. The number of nitrogens with two attached hydrogens (primary N) is 1. The van der Waals surface area contributed by atoms with Gasteiger partial charge in [-0.3, -0.25) is 19.2 Å². The lowest BCUT2D eigenvalue weighted by Crippen LogP contribution is -2.53. The maximum atomic E-state index is 13.6. The van der Waals surface area contributed by atoms with Crippen molar-refractivity contribution < 1.29 is 33.4 Å². The van der Waals surface area contributed by atoms with E-state index in [0.29, 0.717) is 25.9 Å². The van der Waals surface area contributed by atoms with Crippen LogP contribution in [-0.4, -0.2) is 88.1 Å². The number of amides is 4. The second kappa shape index (κ2) is 13.1. The molecule has 2 aromatic carbocycles. The second-order valence-electron chi connectivity index (χ2n) is 12.6. The van der Waals surface area contributed by atoms with Gasteiger partial charge in [0.05, 0.1) is 23.1 Å². The first-order chi connectivity index (χ1) is 21.4. The van der Waals surface area contributed by atoms with Crippen molar-refractivity contribution in [3.05, 3.63) is 59.7 Å². The van der Waals surface area contributed by atoms with Gasteiger partial charge in [-0.1, -0.05) is 48.5 Å². The fourth-order valence-electron chi connectivity index (χ4n) is 6.33. The van der Waals surface area contributed by atoms with E-state index in [-0.39, 0.29) is 44.4 Å². The van der Waals surface area contributed by atoms with E-state index in [0.717, 1.165) is 22.3 Å². The summed E-state index contributed by atoms with van der Waals surface area (Å²) in [7, 11) is 0. The lowest BCUT2D eigenvalue weighted by molar-refractivity contribution is -0.155. The van der Waals surface area contributed by atoms with Crippen molar-refractivity contribution in [2.24, 2.45) is 5.73 Å². The number of likely N-dealkylation sites (tertiary alicyclic amines) is 1. The van der Waals surface area contributed by atoms with Crippen molar-refractivity contribution in [1.29, 1.82) is 0 Å². The molecule has 11 nitrogen and oxygen atoms in total. The molecule has 1 spiro atoms. The zero-order valence-corrected chi connectivity index (χ0v) is 26.7. The van der Waals surface area contributed by atoms with Gasteiger partial charge in [0.2, 0.25) is 17.7 Å². The normalized spacial score (nSPS) is 18.8. The molecule has 2 aromatic rings. The number of rotatable bonds is 9. The number of primary amides is 1. The van der Waals surface area contributed by atoms with Crippen molar-refractivity contribution in [1.82, 2.24) is 15.1 Å². The minimum Gasteiger partial charge on any atom is -0.460 e. The lowest BCUT2D eigenvalue weighted by Gasteiger charge is -2.43. The van der Waals surface area contributed by atoms with Crippen LogP contribution in [-0.2, 0) is 28.7 Å². The Morgan fingerprint density at radius 1 is 1.00 bits per heavy atom. The van der Waals surface area contributed by atoms with Crippen LogP contribution in [0.5, 0.6) is 0 Å². The quantitative estimate of drug-likeness (QED) is 0.398. The Kier molecular flexibility index (Phi) is 9.43. The van der Waals surface area contributed by atoms with E-state index in [1.54, 1.807) is 30.6 Å². The fourth-order valence-corrected chi connectivity index (χ4v) is 8.05. The smallest absolute Gasteiger partial charge is 0.409 e. The highest BCUT2D eigenvalue weighted by Crippen LogP contribution is 2.49. The minimum atomic E-state index is -0.701. The molecule has 240 valence electrons. The van der Waals surface area contributed by atoms with E-state index in [1.165, 1.54) is 11.8 Å². The van der Waals surface area contributed by atoms with Gasteiger partial charge < -0.3 is 30.3 Å². The van der Waals surface area contributed by atoms with Crippen LogP contribution in [0, 0.1) is 0 Å². The first kappa shape index (κ1) is 32.3. The van der Waals surface area contributed by atoms with Gasteiger partial charge >= 0.3 is 12.1 Å². The Morgan fingerprint density at radius 3 is 2.18 bits per heavy atom. The summed E-state index contributed by atoms with van der Waals surface area (Å²) in [5.74, 6) is -1.86. The number of carbonyl (C=O) groups is 5. The average molecular weight is 637 g/mol. The van der Waals surface area contributed by atoms with Crippen LogP contribution >= 0.6 is 11.8 Å². The van der Waals surface area contributed by atoms with Gasteiger partial charge in [0.15, 0.2) is 0 Å². The van der Waals surface area contributed by atoms with Crippen LogP contribution in [0.2, 0.25) is 0 Å². The molecule has 1 atom stereocenters. The Balaban J connectivity index is 1.23. The highest BCUT2D eigenvalue weighted by Gasteiger charge is 2.53. The van der Waals surface area contributed by atoms with Crippen molar-refractivity contribution in [3.63, 3.8) is 0 Å². The molecule has 2 heterocycles. The number of hydrogen-bond donors (Lipinski definition) is 2. The van der Waals surface area contributed by atoms with Gasteiger partial charge in [-0.15, -0.1) is 11.8 Å². The number of fused-ring (bicyclic) bond motifs is 3. The number of piperidine rings is 1. The van der Waals surface area contributed by atoms with E-state index in [1.807, 2.05) is 24.3 Å². The maximum Gasteiger partial charge on any atom is 0.409 e. The summed E-state index contributed by atoms with van der Waals surface area (Å²) in [6, 6.07) is 16.3. The molecule has 0 aromatic heterocycles. The Hall–Kier alpha value is -4.06. The third-order valence-corrected chi connectivity index (χ3v) is 10.0. The molecule has 45 heavy (non-hydrogen) atoms. The van der Waals surface area contributed by atoms with Gasteiger partial charge in [-0.25, -0.2) is 4.79 Å². The number of ether oxygens (including phenoxy) is 2. The molecule has 0 radical (unpaired) electrons. The number of benzene rings is 2. The van der Waals surface area contributed by atoms with Gasteiger partial charge in [0, 0.05) is 32.0 Å². The van der Waals surface area contributed by atoms with Gasteiger partial charge in [0.1, 0.15) is 12.2 Å². The molecule has 2 aliphatic heterocycles. The summed E-state index contributed by atoms with van der Waals surface area (Å²) in [5.41, 5.74) is 9.06. The topological polar surface area (TPSA) is 148 Å². The molecule has 2 fully saturated rings. The SMILES string of the molecule is CC(C)(C)OC(=O)CCN1C(=O)C(CC(=O)NCC(N)=O)SC12CCN(C(=O)OCC1c3ccccc3-c3ccccc31)CC2. The molecule has 5 rings (SSSR count). The largest absolute Gasteiger partial charge is 0.460 e. The zero-order valence-electron chi connectivity index (χ0n) is 25.9. The number of nitrogens with zero attached hydrogens (tertiary/aromatic N) is 2. The predicted molar refractivity (Wildman–Crippen MR) is 169 cm³/mol. The standard InChI is InChI=1S/C33H40N4O7S/c1-32(2,3)44-29(40)12-15-37-30(41)26(18-28(39)35-19-27(34)38)45-33(37)13-16-36(17-14-33)31(42)43-20-25-23-10-6-4-8-21(23)22-9-5-7-11-24(22)25/h4-11,25-26H,12-20H2,1-3H3,(H2,34,38)(H,35,39). The average Bonchev–Trinajstić information content (AvgIpc) is 3.44. The molecule has 3 N–H and O–H groups in total. The molecule has 0 saturated carbocycles. The maximum absolute atomic E-state index is 13.6. The fraction of sp³-hybridized carbons (Fsp3) is 0.485. The first-order valence-corrected chi connectivity index (χ1v) is 16.1. The molecule has 2 saturated heterocycles. The molecular formula is C33H40N4O7S. The number of thioether (sulfide) groups is 1. The number of esters is 1. The molecule has 1 unspecified atom stereocenters. The summed E-state index contributed by atoms with van der Waals surface area (Å²) in [5, 5.41) is 1.75. The number of nitrogens with one attached hydrogen (secondary N) is 1. The van der Waals surface area contributed by atoms with Crippen molar-refractivity contribution in [2.45, 2.75) is 68.1 Å². The molecule has 4 amide bonds. The summed E-state index contributed by atoms with van der Waals surface area (Å²) in [6.45, 7) is 6.07. The summed E-state index contributed by atoms with van der Waals surface area (Å²) >= 11 is 1.38. The third kappa shape index (κ3) is 7.27. The van der Waals surface area contributed by atoms with E-state index >= 15 is 0 Å². The van der Waals surface area contributed by atoms with E-state index < -0.39 is 39.6 Å². The van der Waals surface area contributed by atoms with E-state index in [2.05, 4.69) is 29.6 Å². The van der Waals surface area contributed by atoms with E-state index in [4.69, 9.17) is 15.2 Å². The van der Waals surface area contributed by atoms with Crippen LogP contribution in [0.3, 0.4) is 0 Å². The minimum absolute atomic E-state index is 0.00199. The number of carbonyl (C=O) groups excluding carboxylic acids is 5. The van der Waals surface area contributed by atoms with Crippen molar-refractivity contribution >= 4 is 41.5 Å². The molecule has 1 aliphatic carbocycles.